The molecule has 94 valence electrons. The van der Waals surface area contributed by atoms with Crippen LogP contribution in [0.4, 0.5) is 8.78 Å². The third-order valence-corrected chi connectivity index (χ3v) is 3.03. The summed E-state index contributed by atoms with van der Waals surface area (Å²) < 4.78 is 27.2. The van der Waals surface area contributed by atoms with Gasteiger partial charge < -0.3 is 5.32 Å². The fourth-order valence-electron chi connectivity index (χ4n) is 1.67. The quantitative estimate of drug-likeness (QED) is 0.899. The Morgan fingerprint density at radius 1 is 1.00 bits per heavy atom. The standard InChI is InChI=1S/C14H12BrF2N/c15-12-4-5-14(17)11(7-12)9-18-8-10-2-1-3-13(16)6-10/h1-7,18H,8-9H2. The maximum Gasteiger partial charge on any atom is 0.127 e. The molecule has 0 radical (unpaired) electrons. The molecule has 0 heterocycles. The van der Waals surface area contributed by atoms with Crippen LogP contribution in [0.15, 0.2) is 46.9 Å². The fourth-order valence-corrected chi connectivity index (χ4v) is 2.08. The Kier molecular flexibility index (Phi) is 4.44. The smallest absolute Gasteiger partial charge is 0.127 e. The summed E-state index contributed by atoms with van der Waals surface area (Å²) in [5, 5.41) is 3.09. The fraction of sp³-hybridized carbons (Fsp3) is 0.143. The van der Waals surface area contributed by atoms with Crippen molar-refractivity contribution in [3.8, 4) is 0 Å². The zero-order chi connectivity index (χ0) is 13.0. The van der Waals surface area contributed by atoms with Gasteiger partial charge in [-0.1, -0.05) is 28.1 Å². The summed E-state index contributed by atoms with van der Waals surface area (Å²) in [5.41, 5.74) is 1.42. The number of rotatable bonds is 4. The highest BCUT2D eigenvalue weighted by atomic mass is 79.9. The minimum absolute atomic E-state index is 0.245. The van der Waals surface area contributed by atoms with Crippen LogP contribution in [0.25, 0.3) is 0 Å². The van der Waals surface area contributed by atoms with Crippen LogP contribution in [-0.2, 0) is 13.1 Å². The molecular weight excluding hydrogens is 300 g/mol. The van der Waals surface area contributed by atoms with E-state index >= 15 is 0 Å². The second kappa shape index (κ2) is 6.07. The molecule has 0 fully saturated rings. The monoisotopic (exact) mass is 311 g/mol. The minimum atomic E-state index is -0.261. The van der Waals surface area contributed by atoms with E-state index < -0.39 is 0 Å². The lowest BCUT2D eigenvalue weighted by Crippen LogP contribution is -2.13. The Morgan fingerprint density at radius 3 is 2.61 bits per heavy atom. The molecule has 0 aromatic heterocycles. The van der Waals surface area contributed by atoms with E-state index in [1.165, 1.54) is 18.2 Å². The molecule has 0 saturated carbocycles. The molecule has 0 atom stereocenters. The Morgan fingerprint density at radius 2 is 1.83 bits per heavy atom. The van der Waals surface area contributed by atoms with Crippen LogP contribution in [0.1, 0.15) is 11.1 Å². The van der Waals surface area contributed by atoms with E-state index in [0.29, 0.717) is 18.7 Å². The van der Waals surface area contributed by atoms with Crippen LogP contribution in [0.2, 0.25) is 0 Å². The van der Waals surface area contributed by atoms with E-state index in [9.17, 15) is 8.78 Å². The van der Waals surface area contributed by atoms with Crippen molar-refractivity contribution in [3.63, 3.8) is 0 Å². The van der Waals surface area contributed by atoms with Crippen molar-refractivity contribution in [3.05, 3.63) is 69.7 Å². The topological polar surface area (TPSA) is 12.0 Å². The van der Waals surface area contributed by atoms with Gasteiger partial charge in [0.2, 0.25) is 0 Å². The first-order chi connectivity index (χ1) is 8.65. The highest BCUT2D eigenvalue weighted by molar-refractivity contribution is 9.10. The Bertz CT molecular complexity index is 543. The Hall–Kier alpha value is -1.26. The van der Waals surface area contributed by atoms with Crippen LogP contribution in [0, 0.1) is 11.6 Å². The molecule has 1 N–H and O–H groups in total. The average Bonchev–Trinajstić information content (AvgIpc) is 2.34. The van der Waals surface area contributed by atoms with Gasteiger partial charge in [0.15, 0.2) is 0 Å². The molecule has 18 heavy (non-hydrogen) atoms. The van der Waals surface area contributed by atoms with Crippen LogP contribution < -0.4 is 5.32 Å². The molecule has 0 spiro atoms. The van der Waals surface area contributed by atoms with Gasteiger partial charge in [0.1, 0.15) is 11.6 Å². The van der Waals surface area contributed by atoms with Crippen molar-refractivity contribution < 1.29 is 8.78 Å². The van der Waals surface area contributed by atoms with Gasteiger partial charge in [0, 0.05) is 23.1 Å². The maximum atomic E-state index is 13.4. The second-order valence-electron chi connectivity index (χ2n) is 3.97. The number of halogens is 3. The molecule has 0 aliphatic carbocycles. The van der Waals surface area contributed by atoms with Gasteiger partial charge in [0.05, 0.1) is 0 Å². The zero-order valence-corrected chi connectivity index (χ0v) is 11.2. The van der Waals surface area contributed by atoms with Gasteiger partial charge in [-0.05, 0) is 35.9 Å². The molecule has 0 saturated heterocycles. The molecule has 0 unspecified atom stereocenters. The molecule has 0 bridgehead atoms. The summed E-state index contributed by atoms with van der Waals surface area (Å²) in [6, 6.07) is 11.2. The van der Waals surface area contributed by atoms with E-state index in [0.717, 1.165) is 10.0 Å². The SMILES string of the molecule is Fc1cccc(CNCc2cc(Br)ccc2F)c1. The van der Waals surface area contributed by atoms with Gasteiger partial charge in [-0.3, -0.25) is 0 Å². The van der Waals surface area contributed by atoms with Crippen molar-refractivity contribution in [2.24, 2.45) is 0 Å². The zero-order valence-electron chi connectivity index (χ0n) is 9.59. The highest BCUT2D eigenvalue weighted by Gasteiger charge is 2.02. The molecule has 2 rings (SSSR count). The van der Waals surface area contributed by atoms with Crippen molar-refractivity contribution in [2.45, 2.75) is 13.1 Å². The van der Waals surface area contributed by atoms with E-state index in [-0.39, 0.29) is 11.6 Å². The lowest BCUT2D eigenvalue weighted by molar-refractivity contribution is 0.585. The third kappa shape index (κ3) is 3.62. The van der Waals surface area contributed by atoms with Gasteiger partial charge in [-0.25, -0.2) is 8.78 Å². The van der Waals surface area contributed by atoms with Gasteiger partial charge in [0.25, 0.3) is 0 Å². The lowest BCUT2D eigenvalue weighted by Gasteiger charge is -2.07. The molecule has 1 nitrogen and oxygen atoms in total. The van der Waals surface area contributed by atoms with E-state index in [1.54, 1.807) is 18.2 Å². The predicted molar refractivity (Wildman–Crippen MR) is 71.0 cm³/mol. The summed E-state index contributed by atoms with van der Waals surface area (Å²) in [6.07, 6.45) is 0. The summed E-state index contributed by atoms with van der Waals surface area (Å²) in [6.45, 7) is 0.908. The van der Waals surface area contributed by atoms with Crippen LogP contribution >= 0.6 is 15.9 Å². The molecule has 0 amide bonds. The Labute approximate surface area is 113 Å². The van der Waals surface area contributed by atoms with Crippen molar-refractivity contribution in [2.75, 3.05) is 0 Å². The average molecular weight is 312 g/mol. The normalized spacial score (nSPS) is 10.6. The number of nitrogens with one attached hydrogen (secondary N) is 1. The highest BCUT2D eigenvalue weighted by Crippen LogP contribution is 2.15. The lowest BCUT2D eigenvalue weighted by atomic mass is 10.2. The van der Waals surface area contributed by atoms with Gasteiger partial charge in [-0.2, -0.15) is 0 Å². The summed E-state index contributed by atoms with van der Waals surface area (Å²) in [7, 11) is 0. The van der Waals surface area contributed by atoms with Crippen molar-refractivity contribution >= 4 is 15.9 Å². The number of hydrogen-bond acceptors (Lipinski definition) is 1. The molecule has 2 aromatic rings. The van der Waals surface area contributed by atoms with E-state index in [4.69, 9.17) is 0 Å². The molecular formula is C14H12BrF2N. The third-order valence-electron chi connectivity index (χ3n) is 2.54. The molecule has 0 aliphatic heterocycles. The first-order valence-corrected chi connectivity index (χ1v) is 6.33. The maximum absolute atomic E-state index is 13.4. The summed E-state index contributed by atoms with van der Waals surface area (Å²) in [5.74, 6) is -0.507. The summed E-state index contributed by atoms with van der Waals surface area (Å²) >= 11 is 3.30. The first-order valence-electron chi connectivity index (χ1n) is 5.54. The van der Waals surface area contributed by atoms with Gasteiger partial charge in [-0.15, -0.1) is 0 Å². The number of benzene rings is 2. The van der Waals surface area contributed by atoms with E-state index in [1.807, 2.05) is 6.07 Å². The first kappa shape index (κ1) is 13.2. The predicted octanol–water partition coefficient (Wildman–Crippen LogP) is 4.02. The molecule has 2 aromatic carbocycles. The van der Waals surface area contributed by atoms with Crippen molar-refractivity contribution in [1.82, 2.24) is 5.32 Å². The van der Waals surface area contributed by atoms with Crippen LogP contribution in [-0.4, -0.2) is 0 Å². The second-order valence-corrected chi connectivity index (χ2v) is 4.88. The molecule has 4 heteroatoms. The van der Waals surface area contributed by atoms with Crippen molar-refractivity contribution in [1.29, 1.82) is 0 Å². The van der Waals surface area contributed by atoms with E-state index in [2.05, 4.69) is 21.2 Å². The van der Waals surface area contributed by atoms with Gasteiger partial charge >= 0.3 is 0 Å². The number of hydrogen-bond donors (Lipinski definition) is 1. The minimum Gasteiger partial charge on any atom is -0.309 e. The Balaban J connectivity index is 1.94. The summed E-state index contributed by atoms with van der Waals surface area (Å²) in [4.78, 5) is 0. The largest absolute Gasteiger partial charge is 0.309 e. The van der Waals surface area contributed by atoms with Crippen LogP contribution in [0.5, 0.6) is 0 Å². The molecule has 0 aliphatic rings. The van der Waals surface area contributed by atoms with Crippen LogP contribution in [0.3, 0.4) is 0 Å².